The van der Waals surface area contributed by atoms with Gasteiger partial charge in [0.2, 0.25) is 0 Å². The fraction of sp³-hybridized carbons (Fsp3) is 0.464. The third kappa shape index (κ3) is 3.88. The number of carbonyl (C=O) groups is 1. The zero-order chi connectivity index (χ0) is 22.2. The van der Waals surface area contributed by atoms with Crippen LogP contribution in [0.15, 0.2) is 54.7 Å². The van der Waals surface area contributed by atoms with Crippen molar-refractivity contribution in [3.05, 3.63) is 60.3 Å². The van der Waals surface area contributed by atoms with Crippen molar-refractivity contribution in [3.63, 3.8) is 0 Å². The van der Waals surface area contributed by atoms with E-state index in [1.165, 1.54) is 49.0 Å². The molecule has 3 aromatic rings. The van der Waals surface area contributed by atoms with Gasteiger partial charge < -0.3 is 19.7 Å². The van der Waals surface area contributed by atoms with Crippen molar-refractivity contribution in [1.82, 2.24) is 9.47 Å². The van der Waals surface area contributed by atoms with E-state index in [1.807, 2.05) is 0 Å². The van der Waals surface area contributed by atoms with E-state index >= 15 is 0 Å². The van der Waals surface area contributed by atoms with Crippen LogP contribution in [-0.2, 0) is 6.54 Å². The first-order chi connectivity index (χ1) is 16.3. The zero-order valence-electron chi connectivity index (χ0n) is 19.4. The molecular formula is C28H34N4O. The Morgan fingerprint density at radius 1 is 0.909 bits per heavy atom. The standard InChI is InChI=1S/C28H34N4O/c33-28(30-16-14-22(15-17-30)32-20-29-25-11-5-7-13-27(25)32)24-19-31(18-21-8-2-1-3-9-21)26-12-6-4-10-23(24)26/h4-7,10-13,19,21-22,29H,1-3,8-9,14-18,20H2. The van der Waals surface area contributed by atoms with Gasteiger partial charge in [0.1, 0.15) is 0 Å². The number of hydrogen-bond donors (Lipinski definition) is 1. The summed E-state index contributed by atoms with van der Waals surface area (Å²) in [7, 11) is 0. The lowest BCUT2D eigenvalue weighted by Crippen LogP contribution is -2.46. The second-order valence-corrected chi connectivity index (χ2v) is 10.1. The summed E-state index contributed by atoms with van der Waals surface area (Å²) in [6, 6.07) is 17.5. The molecule has 0 radical (unpaired) electrons. The monoisotopic (exact) mass is 442 g/mol. The van der Waals surface area contributed by atoms with Crippen LogP contribution in [-0.4, -0.2) is 41.2 Å². The minimum absolute atomic E-state index is 0.201. The maximum Gasteiger partial charge on any atom is 0.256 e. The Kier molecular flexibility index (Phi) is 5.49. The molecule has 0 bridgehead atoms. The lowest BCUT2D eigenvalue weighted by molar-refractivity contribution is 0.0714. The number of benzene rings is 2. The van der Waals surface area contributed by atoms with Gasteiger partial charge in [-0.3, -0.25) is 4.79 Å². The van der Waals surface area contributed by atoms with Gasteiger partial charge in [0.15, 0.2) is 0 Å². The maximum atomic E-state index is 13.6. The van der Waals surface area contributed by atoms with Crippen LogP contribution < -0.4 is 10.2 Å². The molecule has 2 fully saturated rings. The lowest BCUT2D eigenvalue weighted by Gasteiger charge is -2.37. The summed E-state index contributed by atoms with van der Waals surface area (Å²) in [5, 5.41) is 4.62. The zero-order valence-corrected chi connectivity index (χ0v) is 19.4. The lowest BCUT2D eigenvalue weighted by atomic mass is 9.89. The fourth-order valence-electron chi connectivity index (χ4n) is 6.22. The molecule has 1 aromatic heterocycles. The molecule has 6 rings (SSSR count). The van der Waals surface area contributed by atoms with Crippen molar-refractivity contribution in [3.8, 4) is 0 Å². The van der Waals surface area contributed by atoms with Crippen LogP contribution in [0.1, 0.15) is 55.3 Å². The second kappa shape index (κ2) is 8.77. The Bertz CT molecular complexity index is 1140. The average Bonchev–Trinajstić information content (AvgIpc) is 3.47. The number of amides is 1. The Hall–Kier alpha value is -2.95. The molecule has 3 heterocycles. The van der Waals surface area contributed by atoms with E-state index in [0.717, 1.165) is 56.0 Å². The van der Waals surface area contributed by atoms with Crippen molar-refractivity contribution < 1.29 is 4.79 Å². The number of para-hydroxylation sites is 3. The van der Waals surface area contributed by atoms with E-state index in [9.17, 15) is 4.79 Å². The Labute approximate surface area is 196 Å². The van der Waals surface area contributed by atoms with Crippen LogP contribution >= 0.6 is 0 Å². The first kappa shape index (κ1) is 20.6. The normalized spacial score (nSPS) is 19.6. The Balaban J connectivity index is 1.17. The van der Waals surface area contributed by atoms with Crippen LogP contribution in [0.25, 0.3) is 10.9 Å². The molecule has 0 atom stereocenters. The number of nitrogens with one attached hydrogen (secondary N) is 1. The summed E-state index contributed by atoms with van der Waals surface area (Å²) in [4.78, 5) is 18.2. The van der Waals surface area contributed by atoms with E-state index in [1.54, 1.807) is 0 Å². The number of nitrogens with zero attached hydrogens (tertiary/aromatic N) is 3. The molecule has 2 aliphatic heterocycles. The number of anilines is 2. The first-order valence-electron chi connectivity index (χ1n) is 12.7. The van der Waals surface area contributed by atoms with E-state index in [0.29, 0.717) is 6.04 Å². The van der Waals surface area contributed by atoms with Gasteiger partial charge in [0, 0.05) is 42.8 Å². The SMILES string of the molecule is O=C(c1cn(CC2CCCCC2)c2ccccc12)N1CCC(N2CNc3ccccc32)CC1. The van der Waals surface area contributed by atoms with Gasteiger partial charge in [-0.25, -0.2) is 0 Å². The summed E-state index contributed by atoms with van der Waals surface area (Å²) in [5.74, 6) is 0.942. The third-order valence-electron chi connectivity index (χ3n) is 8.04. The molecule has 0 spiro atoms. The minimum Gasteiger partial charge on any atom is -0.366 e. The quantitative estimate of drug-likeness (QED) is 0.562. The highest BCUT2D eigenvalue weighted by Crippen LogP contribution is 2.35. The summed E-state index contributed by atoms with van der Waals surface area (Å²) >= 11 is 0. The Morgan fingerprint density at radius 3 is 2.52 bits per heavy atom. The van der Waals surface area contributed by atoms with Crippen LogP contribution in [0.5, 0.6) is 0 Å². The summed E-state index contributed by atoms with van der Waals surface area (Å²) in [6.07, 6.45) is 10.9. The molecule has 5 nitrogen and oxygen atoms in total. The number of rotatable bonds is 4. The Morgan fingerprint density at radius 2 is 1.67 bits per heavy atom. The number of fused-ring (bicyclic) bond motifs is 2. The third-order valence-corrected chi connectivity index (χ3v) is 8.04. The highest BCUT2D eigenvalue weighted by molar-refractivity contribution is 6.07. The minimum atomic E-state index is 0.201. The highest BCUT2D eigenvalue weighted by atomic mass is 16.2. The van der Waals surface area contributed by atoms with Gasteiger partial charge in [0.25, 0.3) is 5.91 Å². The molecule has 2 aromatic carbocycles. The molecule has 1 saturated carbocycles. The van der Waals surface area contributed by atoms with Crippen molar-refractivity contribution in [2.24, 2.45) is 5.92 Å². The van der Waals surface area contributed by atoms with Crippen molar-refractivity contribution >= 4 is 28.2 Å². The average molecular weight is 443 g/mol. The smallest absolute Gasteiger partial charge is 0.256 e. The van der Waals surface area contributed by atoms with Crippen LogP contribution in [0.2, 0.25) is 0 Å². The van der Waals surface area contributed by atoms with Crippen LogP contribution in [0, 0.1) is 5.92 Å². The predicted molar refractivity (Wildman–Crippen MR) is 135 cm³/mol. The van der Waals surface area contributed by atoms with Crippen molar-refractivity contribution in [2.75, 3.05) is 30.0 Å². The molecule has 5 heteroatoms. The number of piperidine rings is 1. The number of aromatic nitrogens is 1. The summed E-state index contributed by atoms with van der Waals surface area (Å²) in [5.41, 5.74) is 4.61. The topological polar surface area (TPSA) is 40.5 Å². The van der Waals surface area contributed by atoms with Crippen molar-refractivity contribution in [1.29, 1.82) is 0 Å². The molecule has 1 saturated heterocycles. The second-order valence-electron chi connectivity index (χ2n) is 10.1. The molecular weight excluding hydrogens is 408 g/mol. The van der Waals surface area contributed by atoms with Gasteiger partial charge >= 0.3 is 0 Å². The van der Waals surface area contributed by atoms with Gasteiger partial charge in [0.05, 0.1) is 23.6 Å². The van der Waals surface area contributed by atoms with Gasteiger partial charge in [-0.05, 0) is 49.8 Å². The van der Waals surface area contributed by atoms with Gasteiger partial charge in [-0.15, -0.1) is 0 Å². The van der Waals surface area contributed by atoms with Gasteiger partial charge in [-0.1, -0.05) is 49.6 Å². The highest BCUT2D eigenvalue weighted by Gasteiger charge is 2.31. The van der Waals surface area contributed by atoms with E-state index in [2.05, 4.69) is 74.4 Å². The van der Waals surface area contributed by atoms with Crippen LogP contribution in [0.3, 0.4) is 0 Å². The summed E-state index contributed by atoms with van der Waals surface area (Å²) < 4.78 is 2.36. The number of hydrogen-bond acceptors (Lipinski definition) is 3. The number of carbonyl (C=O) groups excluding carboxylic acids is 1. The predicted octanol–water partition coefficient (Wildman–Crippen LogP) is 5.72. The van der Waals surface area contributed by atoms with Crippen LogP contribution in [0.4, 0.5) is 11.4 Å². The fourth-order valence-corrected chi connectivity index (χ4v) is 6.22. The number of likely N-dealkylation sites (tertiary alicyclic amines) is 1. The van der Waals surface area contributed by atoms with E-state index in [-0.39, 0.29) is 5.91 Å². The molecule has 1 aliphatic carbocycles. The largest absolute Gasteiger partial charge is 0.366 e. The van der Waals surface area contributed by atoms with E-state index < -0.39 is 0 Å². The molecule has 1 N–H and O–H groups in total. The molecule has 1 amide bonds. The maximum absolute atomic E-state index is 13.6. The van der Waals surface area contributed by atoms with Gasteiger partial charge in [-0.2, -0.15) is 0 Å². The molecule has 0 unspecified atom stereocenters. The van der Waals surface area contributed by atoms with E-state index in [4.69, 9.17) is 0 Å². The first-order valence-corrected chi connectivity index (χ1v) is 12.7. The summed E-state index contributed by atoms with van der Waals surface area (Å²) in [6.45, 7) is 3.55. The molecule has 33 heavy (non-hydrogen) atoms. The molecule has 172 valence electrons. The molecule has 3 aliphatic rings. The van der Waals surface area contributed by atoms with Crippen molar-refractivity contribution in [2.45, 2.75) is 57.5 Å².